The van der Waals surface area contributed by atoms with E-state index in [1.165, 1.54) is 5.56 Å². The number of benzene rings is 1. The van der Waals surface area contributed by atoms with E-state index in [4.69, 9.17) is 4.74 Å². The predicted molar refractivity (Wildman–Crippen MR) is 77.3 cm³/mol. The first-order valence-corrected chi connectivity index (χ1v) is 6.52. The van der Waals surface area contributed by atoms with Gasteiger partial charge in [-0.25, -0.2) is 0 Å². The highest BCUT2D eigenvalue weighted by Gasteiger charge is 2.05. The van der Waals surface area contributed by atoms with E-state index < -0.39 is 0 Å². The van der Waals surface area contributed by atoms with Gasteiger partial charge in [0.25, 0.3) is 0 Å². The van der Waals surface area contributed by atoms with Crippen LogP contribution >= 0.6 is 0 Å². The van der Waals surface area contributed by atoms with E-state index in [9.17, 15) is 0 Å². The number of rotatable bonds is 7. The van der Waals surface area contributed by atoms with Crippen LogP contribution in [-0.4, -0.2) is 57.2 Å². The number of ether oxygens (including phenoxy) is 1. The van der Waals surface area contributed by atoms with Gasteiger partial charge in [-0.1, -0.05) is 12.1 Å². The van der Waals surface area contributed by atoms with Gasteiger partial charge in [-0.05, 0) is 59.2 Å². The number of likely N-dealkylation sites (N-methyl/N-ethyl adjacent to an activating group) is 2. The Hall–Kier alpha value is -1.06. The van der Waals surface area contributed by atoms with Gasteiger partial charge in [-0.2, -0.15) is 0 Å². The summed E-state index contributed by atoms with van der Waals surface area (Å²) in [5.74, 6) is 0.957. The van der Waals surface area contributed by atoms with Crippen LogP contribution in [0.2, 0.25) is 0 Å². The summed E-state index contributed by atoms with van der Waals surface area (Å²) in [5.41, 5.74) is 1.36. The molecule has 102 valence electrons. The molecule has 0 fully saturated rings. The molecule has 0 spiro atoms. The fraction of sp³-hybridized carbons (Fsp3) is 0.600. The number of hydrogen-bond acceptors (Lipinski definition) is 3. The molecule has 0 N–H and O–H groups in total. The third-order valence-corrected chi connectivity index (χ3v) is 3.14. The number of hydrogen-bond donors (Lipinski definition) is 0. The van der Waals surface area contributed by atoms with Crippen LogP contribution in [0.5, 0.6) is 5.75 Å². The minimum Gasteiger partial charge on any atom is -0.492 e. The molecule has 1 aromatic rings. The van der Waals surface area contributed by atoms with Crippen LogP contribution in [-0.2, 0) is 6.42 Å². The van der Waals surface area contributed by atoms with E-state index in [0.717, 1.165) is 25.3 Å². The Kier molecular flexibility index (Phi) is 6.16. The Balaban J connectivity index is 2.42. The van der Waals surface area contributed by atoms with Crippen molar-refractivity contribution in [3.63, 3.8) is 0 Å². The maximum atomic E-state index is 5.67. The van der Waals surface area contributed by atoms with Crippen molar-refractivity contribution in [3.8, 4) is 5.75 Å². The molecule has 1 rings (SSSR count). The van der Waals surface area contributed by atoms with Gasteiger partial charge in [0.05, 0.1) is 0 Å². The van der Waals surface area contributed by atoms with Crippen molar-refractivity contribution < 1.29 is 4.74 Å². The van der Waals surface area contributed by atoms with Crippen LogP contribution in [0, 0.1) is 0 Å². The minimum absolute atomic E-state index is 0.561. The van der Waals surface area contributed by atoms with Gasteiger partial charge in [-0.3, -0.25) is 0 Å². The highest BCUT2D eigenvalue weighted by Crippen LogP contribution is 2.14. The molecule has 0 unspecified atom stereocenters. The zero-order valence-corrected chi connectivity index (χ0v) is 12.3. The Labute approximate surface area is 111 Å². The molecule has 0 heterocycles. The van der Waals surface area contributed by atoms with Gasteiger partial charge in [0.2, 0.25) is 0 Å². The molecule has 0 bridgehead atoms. The van der Waals surface area contributed by atoms with E-state index in [0.29, 0.717) is 6.04 Å². The minimum atomic E-state index is 0.561. The van der Waals surface area contributed by atoms with Gasteiger partial charge in [-0.15, -0.1) is 0 Å². The fourth-order valence-corrected chi connectivity index (χ4v) is 1.59. The maximum Gasteiger partial charge on any atom is 0.119 e. The average molecular weight is 250 g/mol. The second-order valence-corrected chi connectivity index (χ2v) is 5.31. The summed E-state index contributed by atoms with van der Waals surface area (Å²) in [6, 6.07) is 9.00. The largest absolute Gasteiger partial charge is 0.492 e. The van der Waals surface area contributed by atoms with Gasteiger partial charge in [0.15, 0.2) is 0 Å². The monoisotopic (exact) mass is 250 g/mol. The first kappa shape index (κ1) is 15.0. The zero-order valence-electron chi connectivity index (χ0n) is 12.3. The SMILES string of the molecule is C[C@@H](Cc1ccc(OCCN(C)C)cc1)N(C)C. The Morgan fingerprint density at radius 3 is 2.17 bits per heavy atom. The molecule has 0 amide bonds. The van der Waals surface area contributed by atoms with E-state index in [-0.39, 0.29) is 0 Å². The van der Waals surface area contributed by atoms with E-state index in [2.05, 4.69) is 69.2 Å². The molecule has 3 nitrogen and oxygen atoms in total. The molecule has 3 heteroatoms. The fourth-order valence-electron chi connectivity index (χ4n) is 1.59. The molecule has 0 aliphatic heterocycles. The molecular weight excluding hydrogens is 224 g/mol. The topological polar surface area (TPSA) is 15.7 Å². The van der Waals surface area contributed by atoms with Crippen molar-refractivity contribution >= 4 is 0 Å². The van der Waals surface area contributed by atoms with Crippen molar-refractivity contribution in [1.29, 1.82) is 0 Å². The molecule has 18 heavy (non-hydrogen) atoms. The van der Waals surface area contributed by atoms with Crippen molar-refractivity contribution in [2.24, 2.45) is 0 Å². The van der Waals surface area contributed by atoms with Gasteiger partial charge in [0.1, 0.15) is 12.4 Å². The molecule has 0 aromatic heterocycles. The third-order valence-electron chi connectivity index (χ3n) is 3.14. The Bertz CT molecular complexity index is 333. The summed E-state index contributed by atoms with van der Waals surface area (Å²) in [7, 11) is 8.33. The smallest absolute Gasteiger partial charge is 0.119 e. The highest BCUT2D eigenvalue weighted by molar-refractivity contribution is 5.27. The molecule has 0 aliphatic rings. The molecule has 1 atom stereocenters. The van der Waals surface area contributed by atoms with Crippen LogP contribution in [0.4, 0.5) is 0 Å². The molecular formula is C15H26N2O. The summed E-state index contributed by atoms with van der Waals surface area (Å²) >= 11 is 0. The molecule has 0 saturated heterocycles. The quantitative estimate of drug-likeness (QED) is 0.737. The standard InChI is InChI=1S/C15H26N2O/c1-13(17(4)5)12-14-6-8-15(9-7-14)18-11-10-16(2)3/h6-9,13H,10-12H2,1-5H3/t13-/m0/s1. The lowest BCUT2D eigenvalue weighted by Gasteiger charge is -2.19. The number of nitrogens with zero attached hydrogens (tertiary/aromatic N) is 2. The van der Waals surface area contributed by atoms with Crippen LogP contribution in [0.15, 0.2) is 24.3 Å². The maximum absolute atomic E-state index is 5.67. The van der Waals surface area contributed by atoms with Crippen molar-refractivity contribution in [2.45, 2.75) is 19.4 Å². The summed E-state index contributed by atoms with van der Waals surface area (Å²) < 4.78 is 5.67. The molecule has 0 aliphatic carbocycles. The van der Waals surface area contributed by atoms with Crippen molar-refractivity contribution in [1.82, 2.24) is 9.80 Å². The summed E-state index contributed by atoms with van der Waals surface area (Å²) in [4.78, 5) is 4.36. The van der Waals surface area contributed by atoms with Gasteiger partial charge in [0, 0.05) is 12.6 Å². The van der Waals surface area contributed by atoms with E-state index in [1.54, 1.807) is 0 Å². The molecule has 0 radical (unpaired) electrons. The predicted octanol–water partition coefficient (Wildman–Crippen LogP) is 2.12. The molecule has 0 saturated carbocycles. The highest BCUT2D eigenvalue weighted by atomic mass is 16.5. The summed E-state index contributed by atoms with van der Waals surface area (Å²) in [6.45, 7) is 3.92. The zero-order chi connectivity index (χ0) is 13.5. The lowest BCUT2D eigenvalue weighted by molar-refractivity contribution is 0.261. The summed E-state index contributed by atoms with van der Waals surface area (Å²) in [6.07, 6.45) is 1.07. The van der Waals surface area contributed by atoms with Crippen molar-refractivity contribution in [3.05, 3.63) is 29.8 Å². The average Bonchev–Trinajstić information content (AvgIpc) is 2.30. The van der Waals surface area contributed by atoms with Gasteiger partial charge >= 0.3 is 0 Å². The first-order chi connectivity index (χ1) is 8.49. The van der Waals surface area contributed by atoms with Crippen LogP contribution in [0.1, 0.15) is 12.5 Å². The Morgan fingerprint density at radius 2 is 1.67 bits per heavy atom. The van der Waals surface area contributed by atoms with Crippen LogP contribution in [0.3, 0.4) is 0 Å². The second kappa shape index (κ2) is 7.39. The first-order valence-electron chi connectivity index (χ1n) is 6.52. The van der Waals surface area contributed by atoms with E-state index in [1.807, 2.05) is 0 Å². The lowest BCUT2D eigenvalue weighted by atomic mass is 10.1. The second-order valence-electron chi connectivity index (χ2n) is 5.31. The summed E-state index contributed by atoms with van der Waals surface area (Å²) in [5, 5.41) is 0. The lowest BCUT2D eigenvalue weighted by Crippen LogP contribution is -2.26. The van der Waals surface area contributed by atoms with E-state index >= 15 is 0 Å². The molecule has 1 aromatic carbocycles. The van der Waals surface area contributed by atoms with Crippen LogP contribution < -0.4 is 4.74 Å². The van der Waals surface area contributed by atoms with Crippen molar-refractivity contribution in [2.75, 3.05) is 41.3 Å². The Morgan fingerprint density at radius 1 is 1.06 bits per heavy atom. The third kappa shape index (κ3) is 5.52. The van der Waals surface area contributed by atoms with Gasteiger partial charge < -0.3 is 14.5 Å². The van der Waals surface area contributed by atoms with Crippen LogP contribution in [0.25, 0.3) is 0 Å². The normalized spacial score (nSPS) is 13.1.